The molecule has 0 fully saturated rings. The number of anilines is 1. The zero-order valence-corrected chi connectivity index (χ0v) is 12.2. The molecule has 0 saturated heterocycles. The van der Waals surface area contributed by atoms with Crippen LogP contribution in [-0.2, 0) is 0 Å². The summed E-state index contributed by atoms with van der Waals surface area (Å²) in [6.45, 7) is 0. The van der Waals surface area contributed by atoms with E-state index < -0.39 is 0 Å². The monoisotopic (exact) mass is 369 g/mol. The van der Waals surface area contributed by atoms with Crippen LogP contribution in [0.15, 0.2) is 42.5 Å². The lowest BCUT2D eigenvalue weighted by molar-refractivity contribution is 1.10. The van der Waals surface area contributed by atoms with Gasteiger partial charge in [-0.15, -0.1) is 0 Å². The van der Waals surface area contributed by atoms with Crippen molar-refractivity contribution in [2.75, 3.05) is 5.73 Å². The van der Waals surface area contributed by atoms with E-state index in [0.717, 1.165) is 20.3 Å². The van der Waals surface area contributed by atoms with Gasteiger partial charge in [-0.25, -0.2) is 4.98 Å². The van der Waals surface area contributed by atoms with Crippen molar-refractivity contribution in [2.24, 2.45) is 0 Å². The van der Waals surface area contributed by atoms with Gasteiger partial charge in [0.1, 0.15) is 0 Å². The average Bonchev–Trinajstić information content (AvgIpc) is 2.66. The van der Waals surface area contributed by atoms with Gasteiger partial charge < -0.3 is 5.73 Å². The molecule has 0 aliphatic heterocycles. The number of halogens is 2. The van der Waals surface area contributed by atoms with E-state index in [4.69, 9.17) is 17.3 Å². The molecule has 3 aromatic rings. The average molecular weight is 370 g/mol. The van der Waals surface area contributed by atoms with Crippen molar-refractivity contribution in [3.63, 3.8) is 0 Å². The minimum atomic E-state index is 0.483. The Hall–Kier alpha value is -1.27. The van der Waals surface area contributed by atoms with Gasteiger partial charge in [-0.1, -0.05) is 23.7 Å². The maximum Gasteiger partial charge on any atom is 0.205 e. The Labute approximate surface area is 123 Å². The largest absolute Gasteiger partial charge is 0.369 e. The second kappa shape index (κ2) is 4.44. The first-order chi connectivity index (χ1) is 8.66. The first-order valence-electron chi connectivity index (χ1n) is 5.35. The van der Waals surface area contributed by atoms with Gasteiger partial charge in [0.25, 0.3) is 0 Å². The van der Waals surface area contributed by atoms with Crippen LogP contribution in [0.2, 0.25) is 5.02 Å². The van der Waals surface area contributed by atoms with Crippen LogP contribution in [-0.4, -0.2) is 9.55 Å². The molecule has 0 saturated carbocycles. The number of nitrogen functional groups attached to an aromatic ring is 1. The molecule has 2 N–H and O–H groups in total. The van der Waals surface area contributed by atoms with E-state index in [0.29, 0.717) is 11.0 Å². The normalized spacial score (nSPS) is 11.0. The second-order valence-corrected chi connectivity index (χ2v) is 5.49. The van der Waals surface area contributed by atoms with E-state index in [2.05, 4.69) is 27.6 Å². The Balaban J connectivity index is 2.34. The van der Waals surface area contributed by atoms with E-state index in [1.54, 1.807) is 0 Å². The summed E-state index contributed by atoms with van der Waals surface area (Å²) in [6, 6.07) is 13.6. The summed E-state index contributed by atoms with van der Waals surface area (Å²) in [7, 11) is 0. The fourth-order valence-electron chi connectivity index (χ4n) is 1.96. The van der Waals surface area contributed by atoms with Crippen molar-refractivity contribution in [1.82, 2.24) is 9.55 Å². The topological polar surface area (TPSA) is 43.8 Å². The molecule has 0 radical (unpaired) electrons. The van der Waals surface area contributed by atoms with Gasteiger partial charge in [-0.3, -0.25) is 4.57 Å². The zero-order valence-electron chi connectivity index (χ0n) is 9.27. The summed E-state index contributed by atoms with van der Waals surface area (Å²) in [4.78, 5) is 4.36. The molecular formula is C13H9ClIN3. The number of benzene rings is 2. The fourth-order valence-corrected chi connectivity index (χ4v) is 3.07. The van der Waals surface area contributed by atoms with Gasteiger partial charge in [0, 0.05) is 8.59 Å². The maximum absolute atomic E-state index is 6.01. The number of fused-ring (bicyclic) bond motifs is 1. The smallest absolute Gasteiger partial charge is 0.205 e. The van der Waals surface area contributed by atoms with Crippen molar-refractivity contribution in [2.45, 2.75) is 0 Å². The van der Waals surface area contributed by atoms with Gasteiger partial charge in [0.05, 0.1) is 16.7 Å². The van der Waals surface area contributed by atoms with Crippen LogP contribution in [0, 0.1) is 3.57 Å². The number of hydrogen-bond acceptors (Lipinski definition) is 2. The van der Waals surface area contributed by atoms with Crippen LogP contribution >= 0.6 is 34.2 Å². The Morgan fingerprint density at radius 1 is 1.17 bits per heavy atom. The summed E-state index contributed by atoms with van der Waals surface area (Å²) in [5, 5.41) is 0.714. The van der Waals surface area contributed by atoms with Crippen molar-refractivity contribution >= 4 is 51.2 Å². The quantitative estimate of drug-likeness (QED) is 0.662. The summed E-state index contributed by atoms with van der Waals surface area (Å²) >= 11 is 8.22. The Bertz CT molecular complexity index is 736. The number of hydrogen-bond donors (Lipinski definition) is 1. The number of nitrogens with zero attached hydrogens (tertiary/aromatic N) is 2. The van der Waals surface area contributed by atoms with E-state index in [9.17, 15) is 0 Å². The van der Waals surface area contributed by atoms with Crippen LogP contribution in [0.25, 0.3) is 16.7 Å². The molecule has 0 aliphatic rings. The van der Waals surface area contributed by atoms with E-state index in [-0.39, 0.29) is 0 Å². The van der Waals surface area contributed by atoms with Crippen molar-refractivity contribution in [1.29, 1.82) is 0 Å². The molecule has 0 amide bonds. The molecule has 1 aromatic heterocycles. The lowest BCUT2D eigenvalue weighted by Crippen LogP contribution is -2.02. The Morgan fingerprint density at radius 3 is 2.72 bits per heavy atom. The summed E-state index contributed by atoms with van der Waals surface area (Å²) in [5.41, 5.74) is 8.88. The van der Waals surface area contributed by atoms with Gasteiger partial charge in [-0.05, 0) is 52.9 Å². The molecule has 3 nitrogen and oxygen atoms in total. The molecule has 2 aromatic carbocycles. The molecule has 5 heteroatoms. The van der Waals surface area contributed by atoms with Crippen molar-refractivity contribution in [3.05, 3.63) is 51.1 Å². The summed E-state index contributed by atoms with van der Waals surface area (Å²) < 4.78 is 2.97. The van der Waals surface area contributed by atoms with Crippen LogP contribution < -0.4 is 5.73 Å². The highest BCUT2D eigenvalue weighted by atomic mass is 127. The number of para-hydroxylation sites is 2. The third kappa shape index (κ3) is 1.85. The maximum atomic E-state index is 6.01. The molecule has 0 atom stereocenters. The third-order valence-electron chi connectivity index (χ3n) is 2.74. The van der Waals surface area contributed by atoms with Crippen LogP contribution in [0.1, 0.15) is 0 Å². The minimum absolute atomic E-state index is 0.483. The van der Waals surface area contributed by atoms with E-state index >= 15 is 0 Å². The molecule has 0 bridgehead atoms. The second-order valence-electron chi connectivity index (χ2n) is 3.89. The SMILES string of the molecule is Nc1nc2ccccc2n1-c1ccc(Cl)cc1I. The number of nitrogens with two attached hydrogens (primary N) is 1. The van der Waals surface area contributed by atoms with Gasteiger partial charge in [0.15, 0.2) is 0 Å². The number of aromatic nitrogens is 2. The Morgan fingerprint density at radius 2 is 1.94 bits per heavy atom. The number of rotatable bonds is 1. The predicted octanol–water partition coefficient (Wildman–Crippen LogP) is 3.87. The van der Waals surface area contributed by atoms with Crippen molar-refractivity contribution < 1.29 is 0 Å². The standard InChI is InChI=1S/C13H9ClIN3/c14-8-5-6-11(9(15)7-8)18-12-4-2-1-3-10(12)17-13(18)16/h1-7H,(H2,16,17). The van der Waals surface area contributed by atoms with Gasteiger partial charge >= 0.3 is 0 Å². The lowest BCUT2D eigenvalue weighted by Gasteiger charge is -2.09. The Kier molecular flexibility index (Phi) is 2.91. The fraction of sp³-hybridized carbons (Fsp3) is 0. The van der Waals surface area contributed by atoms with Crippen molar-refractivity contribution in [3.8, 4) is 5.69 Å². The molecule has 0 unspecified atom stereocenters. The first kappa shape index (κ1) is 11.8. The molecule has 1 heterocycles. The van der Waals surface area contributed by atoms with E-state index in [1.165, 1.54) is 0 Å². The van der Waals surface area contributed by atoms with E-state index in [1.807, 2.05) is 47.0 Å². The highest BCUT2D eigenvalue weighted by Gasteiger charge is 2.11. The summed E-state index contributed by atoms with van der Waals surface area (Å²) in [5.74, 6) is 0.483. The van der Waals surface area contributed by atoms with Gasteiger partial charge in [-0.2, -0.15) is 0 Å². The highest BCUT2D eigenvalue weighted by molar-refractivity contribution is 14.1. The van der Waals surface area contributed by atoms with Crippen LogP contribution in [0.3, 0.4) is 0 Å². The zero-order chi connectivity index (χ0) is 12.7. The van der Waals surface area contributed by atoms with Crippen LogP contribution in [0.4, 0.5) is 5.95 Å². The highest BCUT2D eigenvalue weighted by Crippen LogP contribution is 2.27. The molecular weight excluding hydrogens is 361 g/mol. The predicted molar refractivity (Wildman–Crippen MR) is 83.2 cm³/mol. The molecule has 3 rings (SSSR count). The first-order valence-corrected chi connectivity index (χ1v) is 6.81. The minimum Gasteiger partial charge on any atom is -0.369 e. The molecule has 18 heavy (non-hydrogen) atoms. The van der Waals surface area contributed by atoms with Crippen LogP contribution in [0.5, 0.6) is 0 Å². The number of imidazole rings is 1. The molecule has 90 valence electrons. The molecule has 0 spiro atoms. The van der Waals surface area contributed by atoms with Gasteiger partial charge in [0.2, 0.25) is 5.95 Å². The lowest BCUT2D eigenvalue weighted by atomic mass is 10.3. The summed E-state index contributed by atoms with van der Waals surface area (Å²) in [6.07, 6.45) is 0. The third-order valence-corrected chi connectivity index (χ3v) is 3.84. The molecule has 0 aliphatic carbocycles.